The van der Waals surface area contributed by atoms with E-state index >= 15 is 0 Å². The summed E-state index contributed by atoms with van der Waals surface area (Å²) in [7, 11) is 1.70. The predicted octanol–water partition coefficient (Wildman–Crippen LogP) is 3.88. The number of methoxy groups -OCH3 is 1. The van der Waals surface area contributed by atoms with Gasteiger partial charge in [0.1, 0.15) is 5.01 Å². The summed E-state index contributed by atoms with van der Waals surface area (Å²) in [5, 5.41) is 6.57. The third-order valence-electron chi connectivity index (χ3n) is 4.67. The van der Waals surface area contributed by atoms with Crippen molar-refractivity contribution in [1.82, 2.24) is 15.2 Å². The maximum Gasteiger partial charge on any atom is 0.194 e. The van der Waals surface area contributed by atoms with E-state index in [9.17, 15) is 0 Å². The van der Waals surface area contributed by atoms with Crippen LogP contribution in [0.5, 0.6) is 0 Å². The van der Waals surface area contributed by atoms with Crippen molar-refractivity contribution in [3.05, 3.63) is 41.4 Å². The van der Waals surface area contributed by atoms with Gasteiger partial charge in [-0.3, -0.25) is 0 Å². The minimum absolute atomic E-state index is 0. The fraction of sp³-hybridized carbons (Fsp3) is 0.524. The molecule has 1 saturated heterocycles. The van der Waals surface area contributed by atoms with Gasteiger partial charge in [0.2, 0.25) is 0 Å². The first-order chi connectivity index (χ1) is 13.8. The van der Waals surface area contributed by atoms with Gasteiger partial charge in [0.15, 0.2) is 5.96 Å². The number of nitrogens with zero attached hydrogens (tertiary/aromatic N) is 3. The molecule has 1 atom stereocenters. The Labute approximate surface area is 194 Å². The second-order valence-corrected chi connectivity index (χ2v) is 7.71. The maximum atomic E-state index is 5.70. The molecule has 8 heteroatoms. The molecule has 29 heavy (non-hydrogen) atoms. The van der Waals surface area contributed by atoms with Crippen LogP contribution in [0.3, 0.4) is 0 Å². The van der Waals surface area contributed by atoms with E-state index in [0.717, 1.165) is 54.9 Å². The van der Waals surface area contributed by atoms with Crippen LogP contribution in [0.1, 0.15) is 19.0 Å². The van der Waals surface area contributed by atoms with Crippen LogP contribution in [0, 0.1) is 5.92 Å². The Morgan fingerprint density at radius 3 is 2.90 bits per heavy atom. The van der Waals surface area contributed by atoms with Crippen molar-refractivity contribution < 1.29 is 9.47 Å². The number of thiazole rings is 1. The molecule has 2 aromatic rings. The van der Waals surface area contributed by atoms with Crippen LogP contribution < -0.4 is 5.32 Å². The van der Waals surface area contributed by atoms with E-state index in [1.807, 2.05) is 18.2 Å². The van der Waals surface area contributed by atoms with E-state index < -0.39 is 0 Å². The average molecular weight is 530 g/mol. The van der Waals surface area contributed by atoms with Gasteiger partial charge in [0.05, 0.1) is 32.1 Å². The molecular weight excluding hydrogens is 499 g/mol. The van der Waals surface area contributed by atoms with Gasteiger partial charge in [-0.15, -0.1) is 35.3 Å². The first kappa shape index (κ1) is 24.0. The number of hydrogen-bond acceptors (Lipinski definition) is 5. The lowest BCUT2D eigenvalue weighted by Crippen LogP contribution is -2.40. The average Bonchev–Trinajstić information content (AvgIpc) is 3.39. The highest BCUT2D eigenvalue weighted by Gasteiger charge is 2.25. The molecule has 1 aliphatic heterocycles. The highest BCUT2D eigenvalue weighted by Crippen LogP contribution is 2.23. The number of rotatable bonds is 9. The summed E-state index contributed by atoms with van der Waals surface area (Å²) in [6, 6.07) is 10.3. The second-order valence-electron chi connectivity index (χ2n) is 6.85. The molecule has 1 aromatic carbocycles. The number of hydrogen-bond donors (Lipinski definition) is 1. The molecule has 2 heterocycles. The molecule has 3 rings (SSSR count). The molecule has 0 bridgehead atoms. The van der Waals surface area contributed by atoms with Gasteiger partial charge in [0, 0.05) is 43.6 Å². The number of aliphatic imine (C=N–C) groups is 1. The number of nitrogens with one attached hydrogen (secondary N) is 1. The summed E-state index contributed by atoms with van der Waals surface area (Å²) in [5.41, 5.74) is 2.17. The van der Waals surface area contributed by atoms with Crippen LogP contribution in [-0.2, 0) is 16.0 Å². The Morgan fingerprint density at radius 2 is 2.14 bits per heavy atom. The Morgan fingerprint density at radius 1 is 1.31 bits per heavy atom. The van der Waals surface area contributed by atoms with Gasteiger partial charge in [-0.05, 0) is 13.3 Å². The Kier molecular flexibility index (Phi) is 10.9. The van der Waals surface area contributed by atoms with Crippen LogP contribution in [-0.4, -0.2) is 62.4 Å². The molecule has 1 fully saturated rings. The first-order valence-electron chi connectivity index (χ1n) is 9.90. The lowest BCUT2D eigenvalue weighted by atomic mass is 10.1. The minimum Gasteiger partial charge on any atom is -0.382 e. The van der Waals surface area contributed by atoms with Crippen LogP contribution >= 0.6 is 35.3 Å². The largest absolute Gasteiger partial charge is 0.382 e. The quantitative estimate of drug-likeness (QED) is 0.231. The topological polar surface area (TPSA) is 59.0 Å². The number of aromatic nitrogens is 1. The molecule has 0 amide bonds. The van der Waals surface area contributed by atoms with Crippen LogP contribution in [0.25, 0.3) is 10.6 Å². The van der Waals surface area contributed by atoms with Gasteiger partial charge in [0.25, 0.3) is 0 Å². The minimum atomic E-state index is 0. The predicted molar refractivity (Wildman–Crippen MR) is 130 cm³/mol. The summed E-state index contributed by atoms with van der Waals surface area (Å²) in [4.78, 5) is 11.9. The Bertz CT molecular complexity index is 741. The number of ether oxygens (including phenoxy) is 2. The fourth-order valence-electron chi connectivity index (χ4n) is 3.23. The smallest absolute Gasteiger partial charge is 0.194 e. The van der Waals surface area contributed by atoms with Crippen molar-refractivity contribution in [3.63, 3.8) is 0 Å². The SMILES string of the molecule is CCNC(=NCc1csc(-c2ccccc2)n1)N1CCC(COCCOC)C1.I. The van der Waals surface area contributed by atoms with E-state index in [2.05, 4.69) is 34.7 Å². The molecular formula is C21H31IN4O2S. The normalized spacial score (nSPS) is 16.7. The summed E-state index contributed by atoms with van der Waals surface area (Å²) >= 11 is 1.67. The second kappa shape index (κ2) is 13.1. The standard InChI is InChI=1S/C21H30N4O2S.HI/c1-3-22-21(25-10-9-17(14-25)15-27-12-11-26-2)23-13-19-16-28-20(24-19)18-7-5-4-6-8-18;/h4-8,16-17H,3,9-15H2,1-2H3,(H,22,23);1H. The molecule has 0 aliphatic carbocycles. The van der Waals surface area contributed by atoms with Crippen molar-refractivity contribution in [2.24, 2.45) is 10.9 Å². The third-order valence-corrected chi connectivity index (χ3v) is 5.61. The molecule has 160 valence electrons. The zero-order chi connectivity index (χ0) is 19.6. The van der Waals surface area contributed by atoms with Crippen molar-refractivity contribution in [2.75, 3.05) is 46.6 Å². The molecule has 1 aromatic heterocycles. The number of likely N-dealkylation sites (tertiary alicyclic amines) is 1. The van der Waals surface area contributed by atoms with Gasteiger partial charge in [-0.1, -0.05) is 30.3 Å². The maximum absolute atomic E-state index is 5.70. The van der Waals surface area contributed by atoms with Crippen molar-refractivity contribution in [1.29, 1.82) is 0 Å². The van der Waals surface area contributed by atoms with Gasteiger partial charge in [-0.2, -0.15) is 0 Å². The zero-order valence-corrected chi connectivity index (χ0v) is 20.3. The van der Waals surface area contributed by atoms with Gasteiger partial charge in [-0.25, -0.2) is 9.98 Å². The molecule has 1 aliphatic rings. The number of halogens is 1. The summed E-state index contributed by atoms with van der Waals surface area (Å²) in [6.07, 6.45) is 1.13. The summed E-state index contributed by atoms with van der Waals surface area (Å²) < 4.78 is 10.7. The molecule has 1 unspecified atom stereocenters. The van der Waals surface area contributed by atoms with E-state index in [1.165, 1.54) is 0 Å². The summed E-state index contributed by atoms with van der Waals surface area (Å²) in [5.74, 6) is 1.51. The Hall–Kier alpha value is -1.23. The third kappa shape index (κ3) is 7.51. The van der Waals surface area contributed by atoms with E-state index in [0.29, 0.717) is 25.7 Å². The lowest BCUT2D eigenvalue weighted by Gasteiger charge is -2.21. The number of guanidine groups is 1. The fourth-order valence-corrected chi connectivity index (χ4v) is 4.04. The van der Waals surface area contributed by atoms with Gasteiger partial charge >= 0.3 is 0 Å². The highest BCUT2D eigenvalue weighted by atomic mass is 127. The molecule has 0 spiro atoms. The Balaban J connectivity index is 0.00000300. The van der Waals surface area contributed by atoms with Crippen molar-refractivity contribution in [2.45, 2.75) is 19.9 Å². The molecule has 0 radical (unpaired) electrons. The van der Waals surface area contributed by atoms with Crippen LogP contribution in [0.4, 0.5) is 0 Å². The lowest BCUT2D eigenvalue weighted by molar-refractivity contribution is 0.0536. The monoisotopic (exact) mass is 530 g/mol. The number of benzene rings is 1. The van der Waals surface area contributed by atoms with E-state index in [4.69, 9.17) is 19.5 Å². The van der Waals surface area contributed by atoms with E-state index in [-0.39, 0.29) is 24.0 Å². The van der Waals surface area contributed by atoms with E-state index in [1.54, 1.807) is 18.4 Å². The molecule has 0 saturated carbocycles. The zero-order valence-electron chi connectivity index (χ0n) is 17.2. The van der Waals surface area contributed by atoms with Gasteiger partial charge < -0.3 is 19.7 Å². The van der Waals surface area contributed by atoms with Crippen molar-refractivity contribution in [3.8, 4) is 10.6 Å². The van der Waals surface area contributed by atoms with Crippen LogP contribution in [0.2, 0.25) is 0 Å². The highest BCUT2D eigenvalue weighted by molar-refractivity contribution is 14.0. The van der Waals surface area contributed by atoms with Crippen molar-refractivity contribution >= 4 is 41.3 Å². The molecule has 6 nitrogen and oxygen atoms in total. The first-order valence-corrected chi connectivity index (χ1v) is 10.8. The molecule has 1 N–H and O–H groups in total. The van der Waals surface area contributed by atoms with Crippen LogP contribution in [0.15, 0.2) is 40.7 Å². The summed E-state index contributed by atoms with van der Waals surface area (Å²) in [6.45, 7) is 7.64.